The molecule has 4 heteroatoms. The Morgan fingerprint density at radius 1 is 1.05 bits per heavy atom. The number of aryl methyl sites for hydroxylation is 1. The molecule has 3 rings (SSSR count). The van der Waals surface area contributed by atoms with Crippen LogP contribution in [0.15, 0.2) is 54.9 Å². The average molecular weight is 291 g/mol. The maximum absolute atomic E-state index is 11.3. The Hall–Kier alpha value is -2.75. The molecule has 0 aliphatic rings. The van der Waals surface area contributed by atoms with Gasteiger partial charge in [0.2, 0.25) is 5.95 Å². The molecule has 0 saturated carbocycles. The Kier molecular flexibility index (Phi) is 4.10. The lowest BCUT2D eigenvalue weighted by Gasteiger charge is -2.14. The minimum absolute atomic E-state index is 0.190. The maximum atomic E-state index is 11.3. The van der Waals surface area contributed by atoms with Crippen LogP contribution in [0.1, 0.15) is 18.9 Å². The molecule has 1 aromatic heterocycles. The maximum Gasteiger partial charge on any atom is 0.227 e. The number of nitrogens with one attached hydrogen (secondary N) is 1. The first-order chi connectivity index (χ1) is 10.7. The van der Waals surface area contributed by atoms with Gasteiger partial charge in [-0.2, -0.15) is 0 Å². The van der Waals surface area contributed by atoms with Crippen LogP contribution in [0.5, 0.6) is 0 Å². The predicted octanol–water partition coefficient (Wildman–Crippen LogP) is 3.90. The zero-order valence-corrected chi connectivity index (χ0v) is 12.4. The molecule has 22 heavy (non-hydrogen) atoms. The molecule has 0 spiro atoms. The monoisotopic (exact) mass is 291 g/mol. The van der Waals surface area contributed by atoms with Crippen molar-refractivity contribution < 1.29 is 4.79 Å². The number of rotatable bonds is 5. The van der Waals surface area contributed by atoms with Crippen LogP contribution in [0, 0.1) is 0 Å². The van der Waals surface area contributed by atoms with Crippen molar-refractivity contribution in [1.29, 1.82) is 0 Å². The number of aromatic nitrogens is 2. The van der Waals surface area contributed by atoms with Gasteiger partial charge in [-0.25, -0.2) is 9.97 Å². The first kappa shape index (κ1) is 14.2. The summed E-state index contributed by atoms with van der Waals surface area (Å²) in [5, 5.41) is 5.56. The van der Waals surface area contributed by atoms with Crippen LogP contribution < -0.4 is 5.32 Å². The van der Waals surface area contributed by atoms with Crippen LogP contribution in [0.4, 0.5) is 11.6 Å². The van der Waals surface area contributed by atoms with E-state index in [0.29, 0.717) is 18.8 Å². The summed E-state index contributed by atoms with van der Waals surface area (Å²) < 4.78 is 0. The molecule has 0 radical (unpaired) electrons. The summed E-state index contributed by atoms with van der Waals surface area (Å²) in [6, 6.07) is 14.1. The molecular weight excluding hydrogens is 274 g/mol. The van der Waals surface area contributed by atoms with E-state index < -0.39 is 0 Å². The van der Waals surface area contributed by atoms with E-state index in [9.17, 15) is 4.79 Å². The molecule has 0 unspecified atom stereocenters. The summed E-state index contributed by atoms with van der Waals surface area (Å²) in [5.41, 5.74) is 2.08. The van der Waals surface area contributed by atoms with Crippen molar-refractivity contribution in [3.8, 4) is 0 Å². The van der Waals surface area contributed by atoms with Crippen LogP contribution >= 0.6 is 0 Å². The number of carbonyl (C=O) groups excluding carboxylic acids is 1. The molecule has 0 aliphatic heterocycles. The van der Waals surface area contributed by atoms with Crippen LogP contribution in [-0.4, -0.2) is 15.8 Å². The predicted molar refractivity (Wildman–Crippen MR) is 88.3 cm³/mol. The van der Waals surface area contributed by atoms with Gasteiger partial charge in [0.15, 0.2) is 0 Å². The third kappa shape index (κ3) is 3.11. The molecule has 3 aromatic rings. The number of hydrogen-bond donors (Lipinski definition) is 1. The Labute approximate surface area is 129 Å². The van der Waals surface area contributed by atoms with E-state index in [-0.39, 0.29) is 5.78 Å². The number of nitrogens with zero attached hydrogens (tertiary/aromatic N) is 2. The Morgan fingerprint density at radius 3 is 2.59 bits per heavy atom. The second kappa shape index (κ2) is 6.35. The minimum atomic E-state index is 0.190. The van der Waals surface area contributed by atoms with Gasteiger partial charge in [0.25, 0.3) is 0 Å². The highest BCUT2D eigenvalue weighted by atomic mass is 16.1. The fraction of sp³-hybridized carbons (Fsp3) is 0.167. The zero-order valence-electron chi connectivity index (χ0n) is 12.4. The van der Waals surface area contributed by atoms with Crippen molar-refractivity contribution in [2.75, 3.05) is 5.32 Å². The van der Waals surface area contributed by atoms with E-state index in [0.717, 1.165) is 22.0 Å². The molecule has 0 atom stereocenters. The van der Waals surface area contributed by atoms with Crippen molar-refractivity contribution >= 4 is 28.2 Å². The Bertz CT molecular complexity index is 800. The Balaban J connectivity index is 2.05. The quantitative estimate of drug-likeness (QED) is 0.774. The molecule has 1 N–H and O–H groups in total. The van der Waals surface area contributed by atoms with Crippen LogP contribution in [0.25, 0.3) is 10.8 Å². The summed E-state index contributed by atoms with van der Waals surface area (Å²) in [7, 11) is 0. The van der Waals surface area contributed by atoms with Gasteiger partial charge in [-0.1, -0.05) is 36.4 Å². The van der Waals surface area contributed by atoms with Crippen molar-refractivity contribution in [1.82, 2.24) is 9.97 Å². The van der Waals surface area contributed by atoms with E-state index in [1.165, 1.54) is 0 Å². The SMILES string of the molecule is CC(=O)CCc1ccc2ccccc2c1Nc1ncccn1. The lowest BCUT2D eigenvalue weighted by molar-refractivity contribution is -0.116. The molecule has 1 heterocycles. The molecule has 0 saturated heterocycles. The van der Waals surface area contributed by atoms with Crippen molar-refractivity contribution in [2.45, 2.75) is 19.8 Å². The second-order valence-corrected chi connectivity index (χ2v) is 5.22. The fourth-order valence-electron chi connectivity index (χ4n) is 2.46. The summed E-state index contributed by atoms with van der Waals surface area (Å²) in [5.74, 6) is 0.748. The number of anilines is 2. The first-order valence-corrected chi connectivity index (χ1v) is 7.28. The molecule has 0 bridgehead atoms. The van der Waals surface area contributed by atoms with Gasteiger partial charge < -0.3 is 10.1 Å². The third-order valence-corrected chi connectivity index (χ3v) is 3.56. The van der Waals surface area contributed by atoms with E-state index >= 15 is 0 Å². The molecule has 0 fully saturated rings. The highest BCUT2D eigenvalue weighted by Gasteiger charge is 2.09. The molecule has 4 nitrogen and oxygen atoms in total. The van der Waals surface area contributed by atoms with Gasteiger partial charge in [0.1, 0.15) is 5.78 Å². The highest BCUT2D eigenvalue weighted by Crippen LogP contribution is 2.30. The largest absolute Gasteiger partial charge is 0.323 e. The highest BCUT2D eigenvalue weighted by molar-refractivity contribution is 5.96. The summed E-state index contributed by atoms with van der Waals surface area (Å²) in [4.78, 5) is 19.8. The van der Waals surface area contributed by atoms with Gasteiger partial charge in [-0.15, -0.1) is 0 Å². The zero-order chi connectivity index (χ0) is 15.4. The van der Waals surface area contributed by atoms with E-state index in [1.54, 1.807) is 25.4 Å². The van der Waals surface area contributed by atoms with E-state index in [4.69, 9.17) is 0 Å². The number of Topliss-reactive ketones (excluding diaryl/α,β-unsaturated/α-hetero) is 1. The minimum Gasteiger partial charge on any atom is -0.323 e. The van der Waals surface area contributed by atoms with E-state index in [2.05, 4.69) is 39.6 Å². The molecule has 0 aliphatic carbocycles. The fourth-order valence-corrected chi connectivity index (χ4v) is 2.46. The summed E-state index contributed by atoms with van der Waals surface area (Å²) in [6.07, 6.45) is 4.64. The van der Waals surface area contributed by atoms with Crippen molar-refractivity contribution in [3.63, 3.8) is 0 Å². The average Bonchev–Trinajstić information content (AvgIpc) is 2.55. The number of ketones is 1. The lowest BCUT2D eigenvalue weighted by atomic mass is 10.00. The van der Waals surface area contributed by atoms with Crippen LogP contribution in [0.2, 0.25) is 0 Å². The topological polar surface area (TPSA) is 54.9 Å². The number of hydrogen-bond acceptors (Lipinski definition) is 4. The number of carbonyl (C=O) groups is 1. The third-order valence-electron chi connectivity index (χ3n) is 3.56. The van der Waals surface area contributed by atoms with E-state index in [1.807, 2.05) is 12.1 Å². The van der Waals surface area contributed by atoms with Crippen LogP contribution in [-0.2, 0) is 11.2 Å². The van der Waals surface area contributed by atoms with Crippen LogP contribution in [0.3, 0.4) is 0 Å². The summed E-state index contributed by atoms with van der Waals surface area (Å²) in [6.45, 7) is 1.62. The number of fused-ring (bicyclic) bond motifs is 1. The lowest BCUT2D eigenvalue weighted by Crippen LogP contribution is -2.02. The molecular formula is C18H17N3O. The Morgan fingerprint density at radius 2 is 1.82 bits per heavy atom. The smallest absolute Gasteiger partial charge is 0.227 e. The van der Waals surface area contributed by atoms with Gasteiger partial charge in [-0.05, 0) is 30.4 Å². The van der Waals surface area contributed by atoms with Gasteiger partial charge >= 0.3 is 0 Å². The van der Waals surface area contributed by atoms with Crippen molar-refractivity contribution in [3.05, 3.63) is 60.4 Å². The van der Waals surface area contributed by atoms with Gasteiger partial charge in [-0.3, -0.25) is 0 Å². The number of benzene rings is 2. The molecule has 2 aromatic carbocycles. The van der Waals surface area contributed by atoms with Crippen molar-refractivity contribution in [2.24, 2.45) is 0 Å². The molecule has 0 amide bonds. The first-order valence-electron chi connectivity index (χ1n) is 7.28. The second-order valence-electron chi connectivity index (χ2n) is 5.22. The normalized spacial score (nSPS) is 10.6. The van der Waals surface area contributed by atoms with Gasteiger partial charge in [0.05, 0.1) is 5.69 Å². The summed E-state index contributed by atoms with van der Waals surface area (Å²) >= 11 is 0. The molecule has 110 valence electrons. The standard InChI is InChI=1S/C18H17N3O/c1-13(22)7-8-15-10-9-14-5-2-3-6-16(14)17(15)21-18-19-11-4-12-20-18/h2-6,9-12H,7-8H2,1H3,(H,19,20,21). The van der Waals surface area contributed by atoms with Gasteiger partial charge in [0, 0.05) is 24.2 Å².